The molecular weight excluding hydrogens is 282 g/mol. The first-order chi connectivity index (χ1) is 10.1. The number of aromatic nitrogens is 2. The van der Waals surface area contributed by atoms with E-state index < -0.39 is 0 Å². The number of hydrogen-bond acceptors (Lipinski definition) is 5. The van der Waals surface area contributed by atoms with Crippen molar-refractivity contribution in [2.24, 2.45) is 0 Å². The molecule has 0 aliphatic carbocycles. The first kappa shape index (κ1) is 13.8. The summed E-state index contributed by atoms with van der Waals surface area (Å²) >= 11 is 1.58. The molecule has 0 amide bonds. The van der Waals surface area contributed by atoms with Gasteiger partial charge in [0.25, 0.3) is 0 Å². The van der Waals surface area contributed by atoms with E-state index in [0.717, 1.165) is 21.8 Å². The van der Waals surface area contributed by atoms with Gasteiger partial charge in [0.05, 0.1) is 10.6 Å². The van der Waals surface area contributed by atoms with Crippen LogP contribution in [-0.4, -0.2) is 10.1 Å². The highest BCUT2D eigenvalue weighted by molar-refractivity contribution is 7.09. The highest BCUT2D eigenvalue weighted by atomic mass is 32.1. The van der Waals surface area contributed by atoms with Gasteiger partial charge in [0.15, 0.2) is 11.6 Å². The lowest BCUT2D eigenvalue weighted by Crippen LogP contribution is -1.91. The molecule has 21 heavy (non-hydrogen) atoms. The van der Waals surface area contributed by atoms with E-state index in [4.69, 9.17) is 10.3 Å². The summed E-state index contributed by atoms with van der Waals surface area (Å²) in [5.41, 5.74) is 9.87. The number of benzene rings is 1. The van der Waals surface area contributed by atoms with Gasteiger partial charge >= 0.3 is 0 Å². The van der Waals surface area contributed by atoms with Crippen LogP contribution in [0.1, 0.15) is 30.3 Å². The molecule has 2 heterocycles. The normalized spacial score (nSPS) is 11.2. The van der Waals surface area contributed by atoms with Gasteiger partial charge in [-0.05, 0) is 24.0 Å². The summed E-state index contributed by atoms with van der Waals surface area (Å²) in [6.45, 7) is 6.31. The van der Waals surface area contributed by atoms with Crippen LogP contribution >= 0.6 is 11.3 Å². The van der Waals surface area contributed by atoms with Gasteiger partial charge in [-0.15, -0.1) is 11.3 Å². The van der Waals surface area contributed by atoms with E-state index in [1.165, 1.54) is 5.56 Å². The maximum atomic E-state index is 5.99. The molecule has 0 radical (unpaired) electrons. The maximum Gasteiger partial charge on any atom is 0.196 e. The number of nitrogens with two attached hydrogens (primary N) is 1. The summed E-state index contributed by atoms with van der Waals surface area (Å²) in [7, 11) is 0. The fourth-order valence-corrected chi connectivity index (χ4v) is 2.85. The third kappa shape index (κ3) is 2.56. The van der Waals surface area contributed by atoms with E-state index in [1.54, 1.807) is 11.3 Å². The highest BCUT2D eigenvalue weighted by Crippen LogP contribution is 2.37. The molecule has 108 valence electrons. The predicted octanol–water partition coefficient (Wildman–Crippen LogP) is 4.48. The average molecular weight is 299 g/mol. The van der Waals surface area contributed by atoms with Crippen LogP contribution in [0.15, 0.2) is 34.2 Å². The summed E-state index contributed by atoms with van der Waals surface area (Å²) in [4.78, 5) is 4.46. The topological polar surface area (TPSA) is 64.9 Å². The summed E-state index contributed by atoms with van der Waals surface area (Å²) in [5.74, 6) is 1.53. The molecule has 1 aromatic carbocycles. The Balaban J connectivity index is 2.08. The fourth-order valence-electron chi connectivity index (χ4n) is 2.26. The van der Waals surface area contributed by atoms with Crippen LogP contribution in [0.2, 0.25) is 0 Å². The quantitative estimate of drug-likeness (QED) is 0.774. The van der Waals surface area contributed by atoms with Crippen molar-refractivity contribution in [3.63, 3.8) is 0 Å². The number of nitrogens with zero attached hydrogens (tertiary/aromatic N) is 2. The summed E-state index contributed by atoms with van der Waals surface area (Å²) in [5, 5.41) is 6.85. The molecule has 0 unspecified atom stereocenters. The Bertz CT molecular complexity index is 756. The molecule has 0 saturated heterocycles. The average Bonchev–Trinajstić information content (AvgIpc) is 3.05. The highest BCUT2D eigenvalue weighted by Gasteiger charge is 2.19. The molecule has 0 aliphatic rings. The third-order valence-corrected chi connectivity index (χ3v) is 4.21. The van der Waals surface area contributed by atoms with Crippen LogP contribution in [0.5, 0.6) is 0 Å². The summed E-state index contributed by atoms with van der Waals surface area (Å²) in [6.07, 6.45) is 0. The largest absolute Gasteiger partial charge is 0.380 e. The van der Waals surface area contributed by atoms with Gasteiger partial charge in [-0.25, -0.2) is 4.98 Å². The number of hydrogen-bond donors (Lipinski definition) is 1. The monoisotopic (exact) mass is 299 g/mol. The van der Waals surface area contributed by atoms with Crippen molar-refractivity contribution in [2.45, 2.75) is 26.7 Å². The Morgan fingerprint density at radius 2 is 1.90 bits per heavy atom. The number of aryl methyl sites for hydroxylation is 1. The van der Waals surface area contributed by atoms with E-state index in [2.05, 4.69) is 48.3 Å². The zero-order chi connectivity index (χ0) is 15.0. The second kappa shape index (κ2) is 5.33. The van der Waals surface area contributed by atoms with Crippen molar-refractivity contribution in [2.75, 3.05) is 5.73 Å². The van der Waals surface area contributed by atoms with Crippen LogP contribution in [0.4, 0.5) is 5.82 Å². The van der Waals surface area contributed by atoms with Gasteiger partial charge in [-0.2, -0.15) is 0 Å². The van der Waals surface area contributed by atoms with Gasteiger partial charge in [0, 0.05) is 5.38 Å². The molecule has 0 bridgehead atoms. The standard InChI is InChI=1S/C16H17N3OS/c1-9(2)11-4-6-12(7-5-11)14-15(20-19-16(14)17)13-8-21-10(3)18-13/h4-9H,1-3H3,(H2,17,19). The van der Waals surface area contributed by atoms with E-state index in [0.29, 0.717) is 17.5 Å². The Morgan fingerprint density at radius 3 is 2.48 bits per heavy atom. The zero-order valence-electron chi connectivity index (χ0n) is 12.3. The van der Waals surface area contributed by atoms with Gasteiger partial charge in [-0.1, -0.05) is 43.3 Å². The van der Waals surface area contributed by atoms with E-state index in [1.807, 2.05) is 12.3 Å². The van der Waals surface area contributed by atoms with Crippen molar-refractivity contribution in [3.8, 4) is 22.6 Å². The van der Waals surface area contributed by atoms with Gasteiger partial charge in [0.2, 0.25) is 0 Å². The number of nitrogen functional groups attached to an aromatic ring is 1. The van der Waals surface area contributed by atoms with Gasteiger partial charge in [-0.3, -0.25) is 0 Å². The molecule has 2 aromatic heterocycles. The predicted molar refractivity (Wildman–Crippen MR) is 86.3 cm³/mol. The molecule has 5 heteroatoms. The molecule has 0 atom stereocenters. The Hall–Kier alpha value is -2.14. The Labute approximate surface area is 127 Å². The minimum absolute atomic E-state index is 0.396. The lowest BCUT2D eigenvalue weighted by molar-refractivity contribution is 0.435. The number of thiazole rings is 1. The number of anilines is 1. The van der Waals surface area contributed by atoms with Gasteiger partial charge < -0.3 is 10.3 Å². The minimum Gasteiger partial charge on any atom is -0.380 e. The molecule has 4 nitrogen and oxygen atoms in total. The third-order valence-electron chi connectivity index (χ3n) is 3.44. The van der Waals surface area contributed by atoms with E-state index in [9.17, 15) is 0 Å². The van der Waals surface area contributed by atoms with Crippen molar-refractivity contribution < 1.29 is 4.52 Å². The molecule has 3 aromatic rings. The van der Waals surface area contributed by atoms with Crippen molar-refractivity contribution in [1.29, 1.82) is 0 Å². The van der Waals surface area contributed by atoms with Crippen molar-refractivity contribution in [1.82, 2.24) is 10.1 Å². The SMILES string of the molecule is Cc1nc(-c2onc(N)c2-c2ccc(C(C)C)cc2)cs1. The number of rotatable bonds is 3. The second-order valence-electron chi connectivity index (χ2n) is 5.30. The Kier molecular flexibility index (Phi) is 3.51. The van der Waals surface area contributed by atoms with E-state index in [-0.39, 0.29) is 0 Å². The molecule has 3 rings (SSSR count). The first-order valence-electron chi connectivity index (χ1n) is 6.84. The molecule has 0 fully saturated rings. The van der Waals surface area contributed by atoms with Crippen LogP contribution in [-0.2, 0) is 0 Å². The van der Waals surface area contributed by atoms with Crippen LogP contribution in [0, 0.1) is 6.92 Å². The zero-order valence-corrected chi connectivity index (χ0v) is 13.1. The molecular formula is C16H17N3OS. The van der Waals surface area contributed by atoms with Crippen LogP contribution < -0.4 is 5.73 Å². The van der Waals surface area contributed by atoms with Crippen LogP contribution in [0.3, 0.4) is 0 Å². The first-order valence-corrected chi connectivity index (χ1v) is 7.72. The maximum absolute atomic E-state index is 5.99. The molecule has 0 spiro atoms. The fraction of sp³-hybridized carbons (Fsp3) is 0.250. The van der Waals surface area contributed by atoms with Gasteiger partial charge in [0.1, 0.15) is 5.69 Å². The van der Waals surface area contributed by atoms with Crippen molar-refractivity contribution in [3.05, 3.63) is 40.2 Å². The molecule has 0 saturated carbocycles. The Morgan fingerprint density at radius 1 is 1.19 bits per heavy atom. The minimum atomic E-state index is 0.396. The second-order valence-corrected chi connectivity index (χ2v) is 6.36. The van der Waals surface area contributed by atoms with Crippen LogP contribution in [0.25, 0.3) is 22.6 Å². The smallest absolute Gasteiger partial charge is 0.196 e. The molecule has 2 N–H and O–H groups in total. The lowest BCUT2D eigenvalue weighted by Gasteiger charge is -2.06. The molecule has 0 aliphatic heterocycles. The van der Waals surface area contributed by atoms with Crippen molar-refractivity contribution >= 4 is 17.2 Å². The van der Waals surface area contributed by atoms with E-state index >= 15 is 0 Å². The lowest BCUT2D eigenvalue weighted by atomic mass is 9.98. The summed E-state index contributed by atoms with van der Waals surface area (Å²) in [6, 6.07) is 8.34. The summed E-state index contributed by atoms with van der Waals surface area (Å²) < 4.78 is 5.40.